The van der Waals surface area contributed by atoms with Crippen LogP contribution in [0.1, 0.15) is 26.2 Å². The molecule has 3 aliphatic carbocycles. The first kappa shape index (κ1) is 12.2. The first-order chi connectivity index (χ1) is 9.80. The van der Waals surface area contributed by atoms with Crippen molar-refractivity contribution < 1.29 is 4.74 Å². The summed E-state index contributed by atoms with van der Waals surface area (Å²) < 4.78 is 5.15. The molecule has 3 saturated carbocycles. The van der Waals surface area contributed by atoms with Gasteiger partial charge in [-0.25, -0.2) is 0 Å². The fourth-order valence-electron chi connectivity index (χ4n) is 4.42. The van der Waals surface area contributed by atoms with E-state index in [0.717, 1.165) is 30.2 Å². The Balaban J connectivity index is 1.50. The van der Waals surface area contributed by atoms with Crippen molar-refractivity contribution in [1.82, 2.24) is 15.0 Å². The van der Waals surface area contributed by atoms with Gasteiger partial charge < -0.3 is 15.4 Å². The van der Waals surface area contributed by atoms with Crippen molar-refractivity contribution in [2.24, 2.45) is 23.7 Å². The summed E-state index contributed by atoms with van der Waals surface area (Å²) in [7, 11) is 1.58. The van der Waals surface area contributed by atoms with Crippen molar-refractivity contribution in [3.63, 3.8) is 0 Å². The Morgan fingerprint density at radius 2 is 1.80 bits per heavy atom. The van der Waals surface area contributed by atoms with E-state index in [1.807, 2.05) is 6.92 Å². The highest BCUT2D eigenvalue weighted by atomic mass is 16.5. The topological polar surface area (TPSA) is 72.0 Å². The van der Waals surface area contributed by atoms with Crippen molar-refractivity contribution in [3.05, 3.63) is 0 Å². The molecule has 2 bridgehead atoms. The molecule has 2 N–H and O–H groups in total. The first-order valence-electron chi connectivity index (χ1n) is 7.60. The van der Waals surface area contributed by atoms with Gasteiger partial charge in [-0.2, -0.15) is 15.0 Å². The van der Waals surface area contributed by atoms with Gasteiger partial charge in [0.25, 0.3) is 0 Å². The van der Waals surface area contributed by atoms with E-state index in [-0.39, 0.29) is 0 Å². The standard InChI is InChI=1S/C14H21N5O/c1-3-15-12-17-13(19-14(18-12)20-2)16-11-9-7-4-5-8(6-7)10(9)11/h7-11H,3-6H2,1-2H3,(H2,15,16,17,18,19). The van der Waals surface area contributed by atoms with Crippen molar-refractivity contribution >= 4 is 11.9 Å². The van der Waals surface area contributed by atoms with Crippen molar-refractivity contribution in [3.8, 4) is 6.01 Å². The third-order valence-electron chi connectivity index (χ3n) is 5.16. The fraction of sp³-hybridized carbons (Fsp3) is 0.786. The number of ether oxygens (including phenoxy) is 1. The van der Waals surface area contributed by atoms with Crippen LogP contribution in [0.15, 0.2) is 0 Å². The third kappa shape index (κ3) is 1.81. The number of nitrogens with zero attached hydrogens (tertiary/aromatic N) is 3. The van der Waals surface area contributed by atoms with E-state index in [9.17, 15) is 0 Å². The molecule has 0 radical (unpaired) electrons. The molecule has 3 aliphatic rings. The Kier molecular flexibility index (Phi) is 2.72. The maximum Gasteiger partial charge on any atom is 0.322 e. The average molecular weight is 275 g/mol. The summed E-state index contributed by atoms with van der Waals surface area (Å²) in [5, 5.41) is 6.62. The van der Waals surface area contributed by atoms with Gasteiger partial charge in [0.05, 0.1) is 7.11 Å². The van der Waals surface area contributed by atoms with E-state index in [4.69, 9.17) is 4.74 Å². The summed E-state index contributed by atoms with van der Waals surface area (Å²) in [5.41, 5.74) is 0. The fourth-order valence-corrected chi connectivity index (χ4v) is 4.42. The van der Waals surface area contributed by atoms with E-state index in [2.05, 4.69) is 25.6 Å². The Morgan fingerprint density at radius 3 is 2.45 bits per heavy atom. The predicted octanol–water partition coefficient (Wildman–Crippen LogP) is 1.77. The molecule has 3 fully saturated rings. The van der Waals surface area contributed by atoms with Crippen LogP contribution in [0.5, 0.6) is 6.01 Å². The van der Waals surface area contributed by atoms with Gasteiger partial charge >= 0.3 is 6.01 Å². The Morgan fingerprint density at radius 1 is 1.10 bits per heavy atom. The summed E-state index contributed by atoms with van der Waals surface area (Å²) in [6.45, 7) is 2.80. The molecule has 0 amide bonds. The maximum absolute atomic E-state index is 5.15. The van der Waals surface area contributed by atoms with Gasteiger partial charge in [0, 0.05) is 12.6 Å². The van der Waals surface area contributed by atoms with Crippen LogP contribution in [0.2, 0.25) is 0 Å². The summed E-state index contributed by atoms with van der Waals surface area (Å²) >= 11 is 0. The minimum absolute atomic E-state index is 0.368. The number of hydrogen-bond acceptors (Lipinski definition) is 6. The normalized spacial score (nSPS) is 36.6. The lowest BCUT2D eigenvalue weighted by Crippen LogP contribution is -2.16. The lowest BCUT2D eigenvalue weighted by molar-refractivity contribution is 0.379. The van der Waals surface area contributed by atoms with Crippen LogP contribution in [0.25, 0.3) is 0 Å². The number of fused-ring (bicyclic) bond motifs is 5. The van der Waals surface area contributed by atoms with Gasteiger partial charge in [-0.3, -0.25) is 0 Å². The minimum Gasteiger partial charge on any atom is -0.467 e. The molecule has 0 spiro atoms. The second kappa shape index (κ2) is 4.46. The summed E-state index contributed by atoms with van der Waals surface area (Å²) in [6, 6.07) is 0.940. The molecule has 6 heteroatoms. The van der Waals surface area contributed by atoms with Crippen LogP contribution >= 0.6 is 0 Å². The van der Waals surface area contributed by atoms with E-state index >= 15 is 0 Å². The molecule has 4 atom stereocenters. The predicted molar refractivity (Wildman–Crippen MR) is 75.8 cm³/mol. The zero-order valence-corrected chi connectivity index (χ0v) is 12.0. The molecular formula is C14H21N5O. The van der Waals surface area contributed by atoms with Crippen molar-refractivity contribution in [2.75, 3.05) is 24.3 Å². The second-order valence-corrected chi connectivity index (χ2v) is 6.16. The number of hydrogen-bond donors (Lipinski definition) is 2. The van der Waals surface area contributed by atoms with Crippen LogP contribution in [-0.2, 0) is 0 Å². The zero-order valence-electron chi connectivity index (χ0n) is 12.0. The molecule has 4 rings (SSSR count). The Labute approximate surface area is 118 Å². The quantitative estimate of drug-likeness (QED) is 0.853. The molecule has 1 aromatic heterocycles. The van der Waals surface area contributed by atoms with Crippen molar-refractivity contribution in [1.29, 1.82) is 0 Å². The monoisotopic (exact) mass is 275 g/mol. The van der Waals surface area contributed by atoms with Crippen LogP contribution < -0.4 is 15.4 Å². The molecule has 108 valence electrons. The molecule has 1 aromatic rings. The number of methoxy groups -OCH3 is 1. The van der Waals surface area contributed by atoms with Crippen molar-refractivity contribution in [2.45, 2.75) is 32.2 Å². The Bertz CT molecular complexity index is 506. The largest absolute Gasteiger partial charge is 0.467 e. The minimum atomic E-state index is 0.368. The number of aromatic nitrogens is 3. The lowest BCUT2D eigenvalue weighted by atomic mass is 10.0. The summed E-state index contributed by atoms with van der Waals surface area (Å²) in [5.74, 6) is 4.83. The van der Waals surface area contributed by atoms with Gasteiger partial charge in [0.1, 0.15) is 0 Å². The number of nitrogens with one attached hydrogen (secondary N) is 2. The first-order valence-corrected chi connectivity index (χ1v) is 7.60. The van der Waals surface area contributed by atoms with Crippen LogP contribution in [0.3, 0.4) is 0 Å². The van der Waals surface area contributed by atoms with Gasteiger partial charge in [0.2, 0.25) is 11.9 Å². The SMILES string of the molecule is CCNc1nc(NC2C3C4CCC(C4)C23)nc(OC)n1. The summed E-state index contributed by atoms with van der Waals surface area (Å²) in [4.78, 5) is 12.9. The number of anilines is 2. The molecule has 1 heterocycles. The van der Waals surface area contributed by atoms with E-state index in [1.165, 1.54) is 19.3 Å². The number of rotatable bonds is 5. The highest BCUT2D eigenvalue weighted by molar-refractivity contribution is 5.40. The van der Waals surface area contributed by atoms with Crippen LogP contribution in [0, 0.1) is 23.7 Å². The van der Waals surface area contributed by atoms with E-state index in [0.29, 0.717) is 23.9 Å². The van der Waals surface area contributed by atoms with Gasteiger partial charge in [-0.15, -0.1) is 0 Å². The van der Waals surface area contributed by atoms with Crippen LogP contribution in [0.4, 0.5) is 11.9 Å². The second-order valence-electron chi connectivity index (χ2n) is 6.16. The molecule has 6 nitrogen and oxygen atoms in total. The van der Waals surface area contributed by atoms with E-state index < -0.39 is 0 Å². The molecule has 20 heavy (non-hydrogen) atoms. The van der Waals surface area contributed by atoms with Crippen LogP contribution in [-0.4, -0.2) is 34.6 Å². The van der Waals surface area contributed by atoms with Gasteiger partial charge in [-0.05, 0) is 49.9 Å². The molecule has 0 aliphatic heterocycles. The molecule has 0 aromatic carbocycles. The molecular weight excluding hydrogens is 254 g/mol. The highest BCUT2D eigenvalue weighted by Crippen LogP contribution is 2.66. The highest BCUT2D eigenvalue weighted by Gasteiger charge is 2.65. The summed E-state index contributed by atoms with van der Waals surface area (Å²) in [6.07, 6.45) is 4.30. The third-order valence-corrected chi connectivity index (χ3v) is 5.16. The smallest absolute Gasteiger partial charge is 0.322 e. The average Bonchev–Trinajstić information content (AvgIpc) is 2.85. The zero-order chi connectivity index (χ0) is 13.7. The van der Waals surface area contributed by atoms with Gasteiger partial charge in [-0.1, -0.05) is 0 Å². The van der Waals surface area contributed by atoms with Gasteiger partial charge in [0.15, 0.2) is 0 Å². The van der Waals surface area contributed by atoms with E-state index in [1.54, 1.807) is 7.11 Å². The molecule has 0 saturated heterocycles. The lowest BCUT2D eigenvalue weighted by Gasteiger charge is -2.12. The molecule has 4 unspecified atom stereocenters. The maximum atomic E-state index is 5.15. The Hall–Kier alpha value is -1.59.